The number of nitrogens with zero attached hydrogens (tertiary/aromatic N) is 1. The molecule has 0 aromatic rings. The highest BCUT2D eigenvalue weighted by atomic mass is 32.2. The number of unbranched alkanes of at least 4 members (excludes halogenated alkanes) is 1. The van der Waals surface area contributed by atoms with Gasteiger partial charge in [0.05, 0.1) is 19.5 Å². The predicted molar refractivity (Wildman–Crippen MR) is 115 cm³/mol. The van der Waals surface area contributed by atoms with Gasteiger partial charge in [0.2, 0.25) is 11.8 Å². The molecule has 232 valence electrons. The second-order valence-corrected chi connectivity index (χ2v) is 9.57. The van der Waals surface area contributed by atoms with Gasteiger partial charge in [-0.1, -0.05) is 0 Å². The second kappa shape index (κ2) is 14.0. The molecule has 0 spiro atoms. The molecule has 1 rings (SSSR count). The summed E-state index contributed by atoms with van der Waals surface area (Å²) in [6.07, 6.45) is -12.3. The van der Waals surface area contributed by atoms with Crippen molar-refractivity contribution in [1.82, 2.24) is 26.3 Å². The normalized spacial score (nSPS) is 16.6. The van der Waals surface area contributed by atoms with Crippen LogP contribution in [0, 0.1) is 0 Å². The predicted octanol–water partition coefficient (Wildman–Crippen LogP) is -2.41. The van der Waals surface area contributed by atoms with Gasteiger partial charge in [0.25, 0.3) is 21.9 Å². The van der Waals surface area contributed by atoms with Gasteiger partial charge in [0, 0.05) is 6.54 Å². The molecule has 41 heavy (non-hydrogen) atoms. The quantitative estimate of drug-likeness (QED) is 0.0623. The van der Waals surface area contributed by atoms with Gasteiger partial charge >= 0.3 is 30.1 Å². The molecular formula is C18H21F6N5O11S. The molecule has 1 aliphatic rings. The topological polar surface area (TPSA) is 234 Å². The molecule has 2 unspecified atom stereocenters. The first-order valence-electron chi connectivity index (χ1n) is 11.0. The van der Waals surface area contributed by atoms with E-state index in [1.54, 1.807) is 0 Å². The first-order chi connectivity index (χ1) is 18.6. The SMILES string of the molecule is O=C(CNC(=O)C(F)(F)F)NCCCCC(NC(=O)CNC(=O)C(F)(F)F)C(=O)ON1C(=O)CC(S(=O)(=O)O)C1=O. The molecular weight excluding hydrogens is 608 g/mol. The third-order valence-corrected chi connectivity index (χ3v) is 5.89. The fourth-order valence-corrected chi connectivity index (χ4v) is 3.55. The first kappa shape index (κ1) is 35.0. The third-order valence-electron chi connectivity index (χ3n) is 4.80. The van der Waals surface area contributed by atoms with Gasteiger partial charge in [0.15, 0.2) is 5.25 Å². The lowest BCUT2D eigenvalue weighted by Crippen LogP contribution is -2.49. The van der Waals surface area contributed by atoms with Crippen LogP contribution in [0.4, 0.5) is 26.3 Å². The standard InChI is InChI=1S/C18H21F6N5O11S/c19-17(20,21)15(35)26-6-10(30)25-4-2-1-3-8(28-11(31)7-27-16(36)18(22,23)24)14(34)40-29-12(32)5-9(13(29)33)41(37,38)39/h8-9H,1-7H2,(H,25,30)(H,26,35)(H,27,36)(H,28,31)(H,37,38,39). The zero-order valence-electron chi connectivity index (χ0n) is 20.3. The first-order valence-corrected chi connectivity index (χ1v) is 12.5. The smallest absolute Gasteiger partial charge is 0.355 e. The average Bonchev–Trinajstić information content (AvgIpc) is 3.12. The van der Waals surface area contributed by atoms with E-state index in [1.807, 2.05) is 5.32 Å². The molecule has 0 aromatic carbocycles. The summed E-state index contributed by atoms with van der Waals surface area (Å²) in [5.41, 5.74) is 0. The Bertz CT molecular complexity index is 1170. The molecule has 1 fully saturated rings. The number of alkyl halides is 6. The minimum Gasteiger partial charge on any atom is -0.355 e. The van der Waals surface area contributed by atoms with Crippen LogP contribution in [0.1, 0.15) is 25.7 Å². The van der Waals surface area contributed by atoms with E-state index < -0.39 is 101 Å². The zero-order chi connectivity index (χ0) is 31.8. The lowest BCUT2D eigenvalue weighted by atomic mass is 10.1. The monoisotopic (exact) mass is 629 g/mol. The van der Waals surface area contributed by atoms with E-state index in [0.29, 0.717) is 0 Å². The van der Waals surface area contributed by atoms with Crippen molar-refractivity contribution < 1.29 is 77.7 Å². The summed E-state index contributed by atoms with van der Waals surface area (Å²) in [5.74, 6) is -11.9. The summed E-state index contributed by atoms with van der Waals surface area (Å²) in [5, 5.41) is 3.88. The van der Waals surface area contributed by atoms with E-state index in [1.165, 1.54) is 10.6 Å². The number of amides is 6. The lowest BCUT2D eigenvalue weighted by molar-refractivity contribution is -0.199. The van der Waals surface area contributed by atoms with Gasteiger partial charge in [-0.2, -0.15) is 34.8 Å². The highest BCUT2D eigenvalue weighted by Crippen LogP contribution is 2.20. The Morgan fingerprint density at radius 1 is 0.902 bits per heavy atom. The van der Waals surface area contributed by atoms with Crippen LogP contribution in [0.2, 0.25) is 0 Å². The van der Waals surface area contributed by atoms with E-state index in [2.05, 4.69) is 10.2 Å². The Labute approximate surface area is 225 Å². The van der Waals surface area contributed by atoms with Gasteiger partial charge in [-0.05, 0) is 19.3 Å². The minimum absolute atomic E-state index is 0.0597. The summed E-state index contributed by atoms with van der Waals surface area (Å²) >= 11 is 0. The molecule has 0 aromatic heterocycles. The van der Waals surface area contributed by atoms with Crippen molar-refractivity contribution in [1.29, 1.82) is 0 Å². The van der Waals surface area contributed by atoms with Gasteiger partial charge in [-0.15, -0.1) is 5.06 Å². The number of halogens is 6. The Hall–Kier alpha value is -4.02. The molecule has 0 radical (unpaired) electrons. The maximum atomic E-state index is 12.5. The van der Waals surface area contributed by atoms with Crippen molar-refractivity contribution in [2.75, 3.05) is 19.6 Å². The van der Waals surface area contributed by atoms with Gasteiger partial charge in [0.1, 0.15) is 6.04 Å². The Kier molecular flexibility index (Phi) is 12.0. The van der Waals surface area contributed by atoms with Crippen LogP contribution in [-0.4, -0.2) is 103 Å². The van der Waals surface area contributed by atoms with Crippen molar-refractivity contribution in [3.63, 3.8) is 0 Å². The average molecular weight is 629 g/mol. The summed E-state index contributed by atoms with van der Waals surface area (Å²) in [7, 11) is -5.08. The summed E-state index contributed by atoms with van der Waals surface area (Å²) < 4.78 is 105. The Balaban J connectivity index is 2.77. The number of hydrogen-bond donors (Lipinski definition) is 5. The van der Waals surface area contributed by atoms with Crippen LogP contribution in [0.3, 0.4) is 0 Å². The molecule has 6 amide bonds. The fourth-order valence-electron chi connectivity index (χ4n) is 2.84. The third kappa shape index (κ3) is 11.5. The van der Waals surface area contributed by atoms with Crippen LogP contribution in [0.15, 0.2) is 0 Å². The van der Waals surface area contributed by atoms with E-state index in [9.17, 15) is 68.3 Å². The fraction of sp³-hybridized carbons (Fsp3) is 0.611. The molecule has 1 aliphatic heterocycles. The summed E-state index contributed by atoms with van der Waals surface area (Å²) in [4.78, 5) is 86.0. The van der Waals surface area contributed by atoms with Crippen LogP contribution in [-0.2, 0) is 48.5 Å². The van der Waals surface area contributed by atoms with E-state index in [-0.39, 0.29) is 24.4 Å². The summed E-state index contributed by atoms with van der Waals surface area (Å²) in [6.45, 7) is -2.58. The molecule has 1 heterocycles. The Morgan fingerprint density at radius 2 is 1.41 bits per heavy atom. The molecule has 2 atom stereocenters. The van der Waals surface area contributed by atoms with Crippen LogP contribution >= 0.6 is 0 Å². The van der Waals surface area contributed by atoms with Gasteiger partial charge in [-0.3, -0.25) is 33.3 Å². The van der Waals surface area contributed by atoms with Crippen molar-refractivity contribution in [3.8, 4) is 0 Å². The van der Waals surface area contributed by atoms with Crippen molar-refractivity contribution in [2.45, 2.75) is 49.3 Å². The number of imide groups is 1. The molecule has 16 nitrogen and oxygen atoms in total. The highest BCUT2D eigenvalue weighted by molar-refractivity contribution is 7.87. The number of hydroxylamine groups is 2. The zero-order valence-corrected chi connectivity index (χ0v) is 21.1. The molecule has 23 heteroatoms. The van der Waals surface area contributed by atoms with Gasteiger partial charge < -0.3 is 26.1 Å². The van der Waals surface area contributed by atoms with E-state index in [4.69, 9.17) is 4.55 Å². The van der Waals surface area contributed by atoms with Gasteiger partial charge in [-0.25, -0.2) is 4.79 Å². The molecule has 1 saturated heterocycles. The molecule has 0 aliphatic carbocycles. The number of carbonyl (C=O) groups is 7. The number of nitrogens with one attached hydrogen (secondary N) is 4. The van der Waals surface area contributed by atoms with Crippen LogP contribution in [0.25, 0.3) is 0 Å². The largest absolute Gasteiger partial charge is 0.471 e. The van der Waals surface area contributed by atoms with Crippen molar-refractivity contribution in [3.05, 3.63) is 0 Å². The van der Waals surface area contributed by atoms with Crippen molar-refractivity contribution >= 4 is 51.5 Å². The molecule has 0 bridgehead atoms. The number of hydrogen-bond acceptors (Lipinski definition) is 10. The summed E-state index contributed by atoms with van der Waals surface area (Å²) in [6, 6.07) is -1.84. The van der Waals surface area contributed by atoms with Crippen LogP contribution < -0.4 is 21.3 Å². The second-order valence-electron chi connectivity index (χ2n) is 7.97. The minimum atomic E-state index is -5.35. The molecule has 0 saturated carbocycles. The molecule has 5 N–H and O–H groups in total. The van der Waals surface area contributed by atoms with Crippen LogP contribution in [0.5, 0.6) is 0 Å². The van der Waals surface area contributed by atoms with Crippen molar-refractivity contribution in [2.24, 2.45) is 0 Å². The lowest BCUT2D eigenvalue weighted by Gasteiger charge is -2.20. The maximum Gasteiger partial charge on any atom is 0.471 e. The Morgan fingerprint density at radius 3 is 1.88 bits per heavy atom. The van der Waals surface area contributed by atoms with E-state index in [0.717, 1.165) is 0 Å². The number of carbonyl (C=O) groups excluding carboxylic acids is 7. The maximum absolute atomic E-state index is 12.5. The highest BCUT2D eigenvalue weighted by Gasteiger charge is 2.49. The number of rotatable bonds is 13. The van der Waals surface area contributed by atoms with E-state index >= 15 is 0 Å².